The van der Waals surface area contributed by atoms with Crippen LogP contribution >= 0.6 is 0 Å². The van der Waals surface area contributed by atoms with Gasteiger partial charge < -0.3 is 10.6 Å². The van der Waals surface area contributed by atoms with E-state index in [9.17, 15) is 4.79 Å². The molecule has 0 saturated carbocycles. The summed E-state index contributed by atoms with van der Waals surface area (Å²) in [6.45, 7) is 2.22. The molecule has 138 valence electrons. The molecule has 1 aromatic carbocycles. The summed E-state index contributed by atoms with van der Waals surface area (Å²) in [6, 6.07) is 13.2. The molecular weight excluding hydrogens is 340 g/mol. The topological polar surface area (TPSA) is 89.9 Å². The van der Waals surface area contributed by atoms with Crippen molar-refractivity contribution in [2.75, 3.05) is 25.9 Å². The largest absolute Gasteiger partial charge is 0.368 e. The normalized spacial score (nSPS) is 15.7. The summed E-state index contributed by atoms with van der Waals surface area (Å²) in [7, 11) is 2.15. The maximum Gasteiger partial charge on any atom is 0.281 e. The molecule has 0 atom stereocenters. The molecule has 1 saturated heterocycles. The van der Waals surface area contributed by atoms with Gasteiger partial charge in [0, 0.05) is 11.8 Å². The highest BCUT2D eigenvalue weighted by atomic mass is 16.2. The van der Waals surface area contributed by atoms with Crippen LogP contribution in [0, 0.1) is 0 Å². The van der Waals surface area contributed by atoms with Crippen LogP contribution in [0.3, 0.4) is 0 Å². The summed E-state index contributed by atoms with van der Waals surface area (Å²) in [5.74, 6) is 0.652. The van der Waals surface area contributed by atoms with Crippen LogP contribution < -0.4 is 5.73 Å². The maximum atomic E-state index is 12.8. The molecule has 0 aliphatic carbocycles. The van der Waals surface area contributed by atoms with E-state index in [4.69, 9.17) is 5.73 Å². The Balaban J connectivity index is 1.54. The van der Waals surface area contributed by atoms with Crippen LogP contribution in [0.15, 0.2) is 48.7 Å². The number of nitrogen functional groups attached to an aromatic ring is 1. The second-order valence-electron chi connectivity index (χ2n) is 6.93. The molecule has 7 heteroatoms. The molecule has 2 N–H and O–H groups in total. The predicted octanol–water partition coefficient (Wildman–Crippen LogP) is 2.42. The summed E-state index contributed by atoms with van der Waals surface area (Å²) in [4.78, 5) is 23.5. The third-order valence-corrected chi connectivity index (χ3v) is 5.07. The van der Waals surface area contributed by atoms with E-state index in [1.807, 2.05) is 30.3 Å². The first kappa shape index (κ1) is 17.4. The lowest BCUT2D eigenvalue weighted by Crippen LogP contribution is -2.29. The quantitative estimate of drug-likeness (QED) is 0.770. The van der Waals surface area contributed by atoms with Crippen molar-refractivity contribution in [1.82, 2.24) is 24.6 Å². The average Bonchev–Trinajstić information content (AvgIpc) is 3.10. The van der Waals surface area contributed by atoms with Crippen molar-refractivity contribution in [3.63, 3.8) is 0 Å². The van der Waals surface area contributed by atoms with Gasteiger partial charge in [0.2, 0.25) is 11.8 Å². The van der Waals surface area contributed by atoms with Crippen LogP contribution in [-0.4, -0.2) is 50.7 Å². The average molecular weight is 362 g/mol. The maximum absolute atomic E-state index is 12.8. The molecule has 4 rings (SSSR count). The molecule has 0 spiro atoms. The van der Waals surface area contributed by atoms with Gasteiger partial charge in [-0.05, 0) is 68.7 Å². The van der Waals surface area contributed by atoms with E-state index >= 15 is 0 Å². The Morgan fingerprint density at radius 1 is 1.11 bits per heavy atom. The third kappa shape index (κ3) is 3.59. The van der Waals surface area contributed by atoms with E-state index in [-0.39, 0.29) is 11.9 Å². The Labute approximate surface area is 157 Å². The standard InChI is InChI=1S/C20H22N6O/c1-25-12-9-15(10-13-25)14-5-7-16(8-6-14)19(27)26-20(21)23-18(24-26)17-4-2-3-11-22-17/h2-8,11,15H,9-10,12-13H2,1H3,(H2,21,23,24). The van der Waals surface area contributed by atoms with Gasteiger partial charge in [0.05, 0.1) is 0 Å². The zero-order chi connectivity index (χ0) is 18.8. The number of likely N-dealkylation sites (tertiary alicyclic amines) is 1. The molecule has 1 aliphatic rings. The van der Waals surface area contributed by atoms with E-state index in [0.717, 1.165) is 30.6 Å². The number of hydrogen-bond donors (Lipinski definition) is 1. The summed E-state index contributed by atoms with van der Waals surface area (Å²) in [5, 5.41) is 4.24. The molecule has 3 heterocycles. The van der Waals surface area contributed by atoms with Crippen LogP contribution in [0.25, 0.3) is 11.5 Å². The Morgan fingerprint density at radius 2 is 1.85 bits per heavy atom. The van der Waals surface area contributed by atoms with Gasteiger partial charge in [-0.15, -0.1) is 5.10 Å². The number of pyridine rings is 1. The van der Waals surface area contributed by atoms with Gasteiger partial charge in [-0.3, -0.25) is 9.78 Å². The monoisotopic (exact) mass is 362 g/mol. The highest BCUT2D eigenvalue weighted by Gasteiger charge is 2.20. The molecule has 2 aromatic heterocycles. The van der Waals surface area contributed by atoms with E-state index in [1.165, 1.54) is 5.56 Å². The van der Waals surface area contributed by atoms with E-state index in [2.05, 4.69) is 27.0 Å². The van der Waals surface area contributed by atoms with Crippen LogP contribution in [0.5, 0.6) is 0 Å². The van der Waals surface area contributed by atoms with Crippen LogP contribution in [0.2, 0.25) is 0 Å². The lowest BCUT2D eigenvalue weighted by molar-refractivity contribution is 0.0948. The number of carbonyl (C=O) groups excluding carboxylic acids is 1. The van der Waals surface area contributed by atoms with Gasteiger partial charge in [-0.25, -0.2) is 0 Å². The SMILES string of the molecule is CN1CCC(c2ccc(C(=O)n3nc(-c4ccccn4)nc3N)cc2)CC1. The predicted molar refractivity (Wildman–Crippen MR) is 103 cm³/mol. The summed E-state index contributed by atoms with van der Waals surface area (Å²) < 4.78 is 1.13. The lowest BCUT2D eigenvalue weighted by atomic mass is 9.89. The highest BCUT2D eigenvalue weighted by Crippen LogP contribution is 2.27. The fraction of sp³-hybridized carbons (Fsp3) is 0.300. The van der Waals surface area contributed by atoms with Gasteiger partial charge in [-0.1, -0.05) is 18.2 Å². The van der Waals surface area contributed by atoms with Crippen LogP contribution in [0.4, 0.5) is 5.95 Å². The zero-order valence-electron chi connectivity index (χ0n) is 15.2. The summed E-state index contributed by atoms with van der Waals surface area (Å²) in [5.41, 5.74) is 8.31. The first-order chi connectivity index (χ1) is 13.1. The van der Waals surface area contributed by atoms with Gasteiger partial charge in [0.1, 0.15) is 5.69 Å². The molecule has 1 fully saturated rings. The van der Waals surface area contributed by atoms with Crippen molar-refractivity contribution >= 4 is 11.9 Å². The second-order valence-corrected chi connectivity index (χ2v) is 6.93. The molecule has 0 bridgehead atoms. The molecular formula is C20H22N6O. The number of aromatic nitrogens is 4. The minimum absolute atomic E-state index is 0.0556. The molecule has 27 heavy (non-hydrogen) atoms. The number of nitrogens with zero attached hydrogens (tertiary/aromatic N) is 5. The minimum Gasteiger partial charge on any atom is -0.368 e. The fourth-order valence-corrected chi connectivity index (χ4v) is 3.44. The van der Waals surface area contributed by atoms with Crippen molar-refractivity contribution in [3.05, 3.63) is 59.8 Å². The number of piperidine rings is 1. The zero-order valence-corrected chi connectivity index (χ0v) is 15.2. The van der Waals surface area contributed by atoms with Gasteiger partial charge in [-0.2, -0.15) is 9.67 Å². The number of rotatable bonds is 3. The fourth-order valence-electron chi connectivity index (χ4n) is 3.44. The molecule has 3 aromatic rings. The minimum atomic E-state index is -0.294. The van der Waals surface area contributed by atoms with Crippen molar-refractivity contribution in [2.24, 2.45) is 0 Å². The van der Waals surface area contributed by atoms with Gasteiger partial charge in [0.15, 0.2) is 0 Å². The molecule has 0 amide bonds. The van der Waals surface area contributed by atoms with E-state index < -0.39 is 0 Å². The number of carbonyl (C=O) groups is 1. The highest BCUT2D eigenvalue weighted by molar-refractivity contribution is 5.96. The number of hydrogen-bond acceptors (Lipinski definition) is 6. The first-order valence-electron chi connectivity index (χ1n) is 9.09. The Hall–Kier alpha value is -3.06. The van der Waals surface area contributed by atoms with Crippen molar-refractivity contribution in [1.29, 1.82) is 0 Å². The molecule has 1 aliphatic heterocycles. The smallest absolute Gasteiger partial charge is 0.281 e. The Kier molecular flexibility index (Phi) is 4.68. The van der Waals surface area contributed by atoms with Crippen LogP contribution in [0.1, 0.15) is 34.7 Å². The van der Waals surface area contributed by atoms with E-state index in [0.29, 0.717) is 23.0 Å². The molecule has 0 unspecified atom stereocenters. The summed E-state index contributed by atoms with van der Waals surface area (Å²) >= 11 is 0. The van der Waals surface area contributed by atoms with E-state index in [1.54, 1.807) is 18.3 Å². The Morgan fingerprint density at radius 3 is 2.52 bits per heavy atom. The third-order valence-electron chi connectivity index (χ3n) is 5.07. The lowest BCUT2D eigenvalue weighted by Gasteiger charge is -2.29. The Bertz CT molecular complexity index is 927. The molecule has 7 nitrogen and oxygen atoms in total. The van der Waals surface area contributed by atoms with Crippen LogP contribution in [-0.2, 0) is 0 Å². The van der Waals surface area contributed by atoms with Gasteiger partial charge in [0.25, 0.3) is 5.91 Å². The number of anilines is 1. The van der Waals surface area contributed by atoms with Crippen molar-refractivity contribution in [2.45, 2.75) is 18.8 Å². The second kappa shape index (κ2) is 7.28. The number of nitrogens with two attached hydrogens (primary N) is 1. The van der Waals surface area contributed by atoms with Gasteiger partial charge >= 0.3 is 0 Å². The van der Waals surface area contributed by atoms with Crippen molar-refractivity contribution in [3.8, 4) is 11.5 Å². The number of benzene rings is 1. The molecule has 0 radical (unpaired) electrons. The summed E-state index contributed by atoms with van der Waals surface area (Å²) in [6.07, 6.45) is 3.94. The first-order valence-corrected chi connectivity index (χ1v) is 9.09. The van der Waals surface area contributed by atoms with Crippen molar-refractivity contribution < 1.29 is 4.79 Å².